The van der Waals surface area contributed by atoms with E-state index in [0.717, 1.165) is 11.3 Å². The van der Waals surface area contributed by atoms with Crippen LogP contribution in [0.1, 0.15) is 17.7 Å². The van der Waals surface area contributed by atoms with Crippen LogP contribution in [0.3, 0.4) is 0 Å². The maximum atomic E-state index is 11.7. The number of nitrogens with one attached hydrogen (secondary N) is 2. The van der Waals surface area contributed by atoms with Crippen LogP contribution in [0.5, 0.6) is 0 Å². The van der Waals surface area contributed by atoms with Gasteiger partial charge in [-0.3, -0.25) is 20.2 Å². The van der Waals surface area contributed by atoms with Gasteiger partial charge < -0.3 is 4.98 Å². The molecule has 0 radical (unpaired) electrons. The number of imidazole rings is 1. The second-order valence-electron chi connectivity index (χ2n) is 4.39. The monoisotopic (exact) mass is 274 g/mol. The predicted octanol–water partition coefficient (Wildman–Crippen LogP) is 2.20. The van der Waals surface area contributed by atoms with E-state index in [1.54, 1.807) is 18.3 Å². The quantitative estimate of drug-likeness (QED) is 0.644. The molecule has 1 aromatic carbocycles. The molecule has 0 aliphatic rings. The Hall–Kier alpha value is -2.70. The van der Waals surface area contributed by atoms with Crippen molar-refractivity contribution in [3.63, 3.8) is 0 Å². The Morgan fingerprint density at radius 3 is 2.95 bits per heavy atom. The maximum Gasteiger partial charge on any atom is 0.269 e. The fraction of sp³-hybridized carbons (Fsp3) is 0.231. The van der Waals surface area contributed by atoms with Crippen molar-refractivity contribution in [2.45, 2.75) is 19.8 Å². The van der Waals surface area contributed by atoms with Crippen molar-refractivity contribution < 1.29 is 9.72 Å². The molecule has 0 saturated heterocycles. The number of H-pyrrole nitrogens is 1. The number of carbonyl (C=O) groups excluding carboxylic acids is 1. The van der Waals surface area contributed by atoms with Gasteiger partial charge in [0.1, 0.15) is 0 Å². The molecule has 0 unspecified atom stereocenters. The van der Waals surface area contributed by atoms with Gasteiger partial charge in [0.05, 0.1) is 4.92 Å². The molecule has 0 fully saturated rings. The summed E-state index contributed by atoms with van der Waals surface area (Å²) in [5.41, 5.74) is 1.65. The standard InChI is InChI=1S/C13H14N4O3/c1-9-8-14-13(15-9)16-12(18)6-5-10-3-2-4-11(7-10)17(19)20/h2-4,7-8H,5-6H2,1H3,(H2,14,15,16,18). The molecule has 0 atom stereocenters. The third-order valence-electron chi connectivity index (χ3n) is 2.72. The minimum Gasteiger partial charge on any atom is -0.328 e. The Kier molecular flexibility index (Phi) is 4.09. The number of aryl methyl sites for hydroxylation is 2. The van der Waals surface area contributed by atoms with E-state index in [2.05, 4.69) is 15.3 Å². The van der Waals surface area contributed by atoms with E-state index >= 15 is 0 Å². The highest BCUT2D eigenvalue weighted by molar-refractivity contribution is 5.89. The number of nitro benzene ring substituents is 1. The van der Waals surface area contributed by atoms with Gasteiger partial charge in [0, 0.05) is 30.4 Å². The summed E-state index contributed by atoms with van der Waals surface area (Å²) in [5, 5.41) is 13.3. The largest absolute Gasteiger partial charge is 0.328 e. The van der Waals surface area contributed by atoms with Gasteiger partial charge in [-0.1, -0.05) is 12.1 Å². The predicted molar refractivity (Wildman–Crippen MR) is 73.4 cm³/mol. The zero-order chi connectivity index (χ0) is 14.5. The molecule has 1 heterocycles. The molecule has 20 heavy (non-hydrogen) atoms. The molecule has 0 saturated carbocycles. The third-order valence-corrected chi connectivity index (χ3v) is 2.72. The summed E-state index contributed by atoms with van der Waals surface area (Å²) in [5.74, 6) is 0.220. The average Bonchev–Trinajstić information content (AvgIpc) is 2.82. The van der Waals surface area contributed by atoms with Gasteiger partial charge in [-0.2, -0.15) is 0 Å². The molecule has 0 spiro atoms. The lowest BCUT2D eigenvalue weighted by molar-refractivity contribution is -0.384. The van der Waals surface area contributed by atoms with Crippen LogP contribution in [0.4, 0.5) is 11.6 Å². The molecule has 0 bridgehead atoms. The van der Waals surface area contributed by atoms with Crippen molar-refractivity contribution in [2.24, 2.45) is 0 Å². The van der Waals surface area contributed by atoms with Crippen molar-refractivity contribution in [1.82, 2.24) is 9.97 Å². The molecule has 0 aliphatic heterocycles. The summed E-state index contributed by atoms with van der Waals surface area (Å²) < 4.78 is 0. The zero-order valence-electron chi connectivity index (χ0n) is 10.9. The molecule has 7 heteroatoms. The highest BCUT2D eigenvalue weighted by Crippen LogP contribution is 2.14. The van der Waals surface area contributed by atoms with Crippen LogP contribution in [-0.2, 0) is 11.2 Å². The fourth-order valence-corrected chi connectivity index (χ4v) is 1.75. The lowest BCUT2D eigenvalue weighted by Crippen LogP contribution is -2.13. The number of aromatic amines is 1. The van der Waals surface area contributed by atoms with Gasteiger partial charge in [-0.25, -0.2) is 4.98 Å². The van der Waals surface area contributed by atoms with Crippen LogP contribution in [-0.4, -0.2) is 20.8 Å². The van der Waals surface area contributed by atoms with Gasteiger partial charge >= 0.3 is 0 Å². The van der Waals surface area contributed by atoms with E-state index < -0.39 is 4.92 Å². The molecule has 2 rings (SSSR count). The van der Waals surface area contributed by atoms with E-state index in [9.17, 15) is 14.9 Å². The first kappa shape index (κ1) is 13.7. The normalized spacial score (nSPS) is 10.2. The van der Waals surface area contributed by atoms with Crippen molar-refractivity contribution in [3.8, 4) is 0 Å². The van der Waals surface area contributed by atoms with Crippen LogP contribution < -0.4 is 5.32 Å². The summed E-state index contributed by atoms with van der Waals surface area (Å²) in [4.78, 5) is 28.8. The van der Waals surface area contributed by atoms with Gasteiger partial charge in [0.15, 0.2) is 0 Å². The fourth-order valence-electron chi connectivity index (χ4n) is 1.75. The van der Waals surface area contributed by atoms with Crippen LogP contribution in [0.2, 0.25) is 0 Å². The average molecular weight is 274 g/mol. The van der Waals surface area contributed by atoms with Gasteiger partial charge in [-0.05, 0) is 18.9 Å². The Labute approximate surface area is 115 Å². The molecule has 1 amide bonds. The van der Waals surface area contributed by atoms with Crippen molar-refractivity contribution >= 4 is 17.5 Å². The second-order valence-corrected chi connectivity index (χ2v) is 4.39. The number of anilines is 1. The Morgan fingerprint density at radius 2 is 2.30 bits per heavy atom. The number of rotatable bonds is 5. The van der Waals surface area contributed by atoms with Crippen molar-refractivity contribution in [2.75, 3.05) is 5.32 Å². The third kappa shape index (κ3) is 3.64. The number of benzene rings is 1. The first-order valence-electron chi connectivity index (χ1n) is 6.09. The smallest absolute Gasteiger partial charge is 0.269 e. The Balaban J connectivity index is 1.90. The van der Waals surface area contributed by atoms with Crippen LogP contribution in [0.15, 0.2) is 30.5 Å². The first-order valence-corrected chi connectivity index (χ1v) is 6.09. The van der Waals surface area contributed by atoms with E-state index in [0.29, 0.717) is 12.4 Å². The molecule has 2 aromatic rings. The summed E-state index contributed by atoms with van der Waals surface area (Å²) in [6.45, 7) is 1.84. The SMILES string of the molecule is Cc1cnc(NC(=O)CCc2cccc([N+](=O)[O-])c2)[nH]1. The number of nitro groups is 1. The van der Waals surface area contributed by atoms with Gasteiger partial charge in [-0.15, -0.1) is 0 Å². The van der Waals surface area contributed by atoms with Crippen LogP contribution in [0.25, 0.3) is 0 Å². The number of aromatic nitrogens is 2. The minimum absolute atomic E-state index is 0.0320. The Morgan fingerprint density at radius 1 is 1.50 bits per heavy atom. The van der Waals surface area contributed by atoms with E-state index in [4.69, 9.17) is 0 Å². The maximum absolute atomic E-state index is 11.7. The molecular weight excluding hydrogens is 260 g/mol. The lowest BCUT2D eigenvalue weighted by atomic mass is 10.1. The second kappa shape index (κ2) is 5.96. The number of carbonyl (C=O) groups is 1. The number of hydrogen-bond donors (Lipinski definition) is 2. The number of amides is 1. The van der Waals surface area contributed by atoms with Crippen molar-refractivity contribution in [1.29, 1.82) is 0 Å². The van der Waals surface area contributed by atoms with Crippen LogP contribution in [0, 0.1) is 17.0 Å². The highest BCUT2D eigenvalue weighted by Gasteiger charge is 2.08. The van der Waals surface area contributed by atoms with E-state index in [-0.39, 0.29) is 18.0 Å². The van der Waals surface area contributed by atoms with Crippen molar-refractivity contribution in [3.05, 3.63) is 51.8 Å². The lowest BCUT2D eigenvalue weighted by Gasteiger charge is -2.02. The molecule has 104 valence electrons. The van der Waals surface area contributed by atoms with Gasteiger partial charge in [0.25, 0.3) is 5.69 Å². The summed E-state index contributed by atoms with van der Waals surface area (Å²) in [6, 6.07) is 6.28. The molecule has 7 nitrogen and oxygen atoms in total. The summed E-state index contributed by atoms with van der Waals surface area (Å²) in [7, 11) is 0. The zero-order valence-corrected chi connectivity index (χ0v) is 10.9. The molecule has 1 aromatic heterocycles. The Bertz CT molecular complexity index is 636. The number of nitrogens with zero attached hydrogens (tertiary/aromatic N) is 2. The number of hydrogen-bond acceptors (Lipinski definition) is 4. The van der Waals surface area contributed by atoms with Gasteiger partial charge in [0.2, 0.25) is 11.9 Å². The van der Waals surface area contributed by atoms with E-state index in [1.807, 2.05) is 6.92 Å². The molecule has 2 N–H and O–H groups in total. The molecular formula is C13H14N4O3. The summed E-state index contributed by atoms with van der Waals surface area (Å²) >= 11 is 0. The summed E-state index contributed by atoms with van der Waals surface area (Å²) in [6.07, 6.45) is 2.30. The first-order chi connectivity index (χ1) is 9.54. The molecule has 0 aliphatic carbocycles. The van der Waals surface area contributed by atoms with E-state index in [1.165, 1.54) is 12.1 Å². The van der Waals surface area contributed by atoms with Crippen LogP contribution >= 0.6 is 0 Å². The highest BCUT2D eigenvalue weighted by atomic mass is 16.6. The minimum atomic E-state index is -0.449. The number of non-ortho nitro benzene ring substituents is 1. The topological polar surface area (TPSA) is 101 Å².